The van der Waals surface area contributed by atoms with Gasteiger partial charge in [-0.15, -0.1) is 0 Å². The van der Waals surface area contributed by atoms with Crippen LogP contribution in [0.4, 0.5) is 5.69 Å². The van der Waals surface area contributed by atoms with E-state index in [9.17, 15) is 9.59 Å². The summed E-state index contributed by atoms with van der Waals surface area (Å²) in [5.74, 6) is -0.168. The monoisotopic (exact) mass is 275 g/mol. The molecule has 0 aliphatic carbocycles. The van der Waals surface area contributed by atoms with Crippen molar-refractivity contribution in [3.8, 4) is 0 Å². The van der Waals surface area contributed by atoms with Crippen molar-refractivity contribution in [1.29, 1.82) is 0 Å². The fourth-order valence-electron chi connectivity index (χ4n) is 2.24. The molecule has 0 saturated carbocycles. The molecule has 2 amide bonds. The Bertz CT molecular complexity index is 526. The molecule has 0 atom stereocenters. The van der Waals surface area contributed by atoms with Crippen molar-refractivity contribution < 1.29 is 9.59 Å². The number of carbonyl (C=O) groups excluding carboxylic acids is 2. The molecular weight excluding hydrogens is 254 g/mol. The van der Waals surface area contributed by atoms with Crippen molar-refractivity contribution >= 4 is 17.5 Å². The van der Waals surface area contributed by atoms with Gasteiger partial charge in [-0.2, -0.15) is 0 Å². The molecule has 0 spiro atoms. The highest BCUT2D eigenvalue weighted by atomic mass is 16.2. The zero-order valence-corrected chi connectivity index (χ0v) is 12.3. The second-order valence-corrected chi connectivity index (χ2v) is 5.16. The van der Waals surface area contributed by atoms with E-state index < -0.39 is 0 Å². The number of nitrogens with zero attached hydrogens (tertiary/aromatic N) is 2. The second kappa shape index (κ2) is 5.94. The largest absolute Gasteiger partial charge is 0.384 e. The van der Waals surface area contributed by atoms with Gasteiger partial charge in [0.05, 0.1) is 6.54 Å². The van der Waals surface area contributed by atoms with E-state index in [1.165, 1.54) is 10.5 Å². The lowest BCUT2D eigenvalue weighted by molar-refractivity contribution is -0.129. The zero-order valence-electron chi connectivity index (χ0n) is 12.3. The van der Waals surface area contributed by atoms with E-state index in [0.29, 0.717) is 12.1 Å². The fraction of sp³-hybridized carbons (Fsp3) is 0.467. The van der Waals surface area contributed by atoms with E-state index in [1.807, 2.05) is 25.1 Å². The maximum atomic E-state index is 12.5. The smallest absolute Gasteiger partial charge is 0.254 e. The molecule has 1 heterocycles. The molecule has 0 unspecified atom stereocenters. The lowest BCUT2D eigenvalue weighted by Crippen LogP contribution is -2.40. The third kappa shape index (κ3) is 2.92. The Labute approximate surface area is 119 Å². The molecule has 0 aromatic heterocycles. The van der Waals surface area contributed by atoms with Crippen LogP contribution < -0.4 is 5.32 Å². The Hall–Kier alpha value is -2.04. The summed E-state index contributed by atoms with van der Waals surface area (Å²) in [6, 6.07) is 5.72. The van der Waals surface area contributed by atoms with Crippen molar-refractivity contribution in [2.24, 2.45) is 0 Å². The molecule has 20 heavy (non-hydrogen) atoms. The number of amides is 2. The van der Waals surface area contributed by atoms with Crippen LogP contribution in [0.5, 0.6) is 0 Å². The predicted octanol–water partition coefficient (Wildman–Crippen LogP) is 1.20. The Balaban J connectivity index is 2.14. The van der Waals surface area contributed by atoms with Gasteiger partial charge in [-0.1, -0.05) is 6.07 Å². The van der Waals surface area contributed by atoms with Crippen LogP contribution in [0.15, 0.2) is 18.2 Å². The summed E-state index contributed by atoms with van der Waals surface area (Å²) in [6.45, 7) is 3.44. The second-order valence-electron chi connectivity index (χ2n) is 5.16. The highest BCUT2D eigenvalue weighted by molar-refractivity contribution is 5.97. The van der Waals surface area contributed by atoms with Crippen molar-refractivity contribution in [2.75, 3.05) is 39.0 Å². The summed E-state index contributed by atoms with van der Waals surface area (Å²) in [6.07, 6.45) is 1.00. The molecule has 0 bridgehead atoms. The number of carbonyl (C=O) groups is 2. The van der Waals surface area contributed by atoms with E-state index in [1.54, 1.807) is 19.0 Å². The number of hydrogen-bond acceptors (Lipinski definition) is 3. The van der Waals surface area contributed by atoms with E-state index >= 15 is 0 Å². The molecule has 108 valence electrons. The Morgan fingerprint density at radius 2 is 2.05 bits per heavy atom. The summed E-state index contributed by atoms with van der Waals surface area (Å²) in [5.41, 5.74) is 2.91. The lowest BCUT2D eigenvalue weighted by atomic mass is 10.1. The maximum absolute atomic E-state index is 12.5. The number of likely N-dealkylation sites (N-methyl/N-ethyl adjacent to an activating group) is 2. The molecule has 0 radical (unpaired) electrons. The molecule has 5 heteroatoms. The van der Waals surface area contributed by atoms with Gasteiger partial charge in [-0.3, -0.25) is 9.59 Å². The molecular formula is C15H21N3O2. The van der Waals surface area contributed by atoms with Crippen LogP contribution in [-0.2, 0) is 11.2 Å². The molecule has 2 rings (SSSR count). The SMILES string of the molecule is CCN(CC(=O)N(C)C)C(=O)c1ccc2c(c1)NCC2. The van der Waals surface area contributed by atoms with Crippen LogP contribution in [0.25, 0.3) is 0 Å². The first-order valence-electron chi connectivity index (χ1n) is 6.89. The standard InChI is InChI=1S/C15H21N3O2/c1-4-18(10-14(19)17(2)3)15(20)12-6-5-11-7-8-16-13(11)9-12/h5-6,9,16H,4,7-8,10H2,1-3H3. The molecule has 1 aromatic carbocycles. The minimum absolute atomic E-state index is 0.0699. The predicted molar refractivity (Wildman–Crippen MR) is 78.9 cm³/mol. The van der Waals surface area contributed by atoms with E-state index in [0.717, 1.165) is 18.7 Å². The summed E-state index contributed by atoms with van der Waals surface area (Å²) in [4.78, 5) is 27.3. The van der Waals surface area contributed by atoms with Gasteiger partial charge in [0, 0.05) is 38.4 Å². The van der Waals surface area contributed by atoms with Crippen molar-refractivity contribution in [1.82, 2.24) is 9.80 Å². The normalized spacial score (nSPS) is 12.6. The van der Waals surface area contributed by atoms with Crippen molar-refractivity contribution in [3.63, 3.8) is 0 Å². The van der Waals surface area contributed by atoms with Crippen LogP contribution in [0.1, 0.15) is 22.8 Å². The molecule has 1 N–H and O–H groups in total. The highest BCUT2D eigenvalue weighted by Crippen LogP contribution is 2.23. The van der Waals surface area contributed by atoms with Crippen LogP contribution in [0, 0.1) is 0 Å². The lowest BCUT2D eigenvalue weighted by Gasteiger charge is -2.22. The zero-order chi connectivity index (χ0) is 14.7. The summed E-state index contributed by atoms with van der Waals surface area (Å²) < 4.78 is 0. The first-order chi connectivity index (χ1) is 9.52. The fourth-order valence-corrected chi connectivity index (χ4v) is 2.24. The molecule has 1 aliphatic heterocycles. The first-order valence-corrected chi connectivity index (χ1v) is 6.89. The van der Waals surface area contributed by atoms with Gasteiger partial charge in [0.1, 0.15) is 0 Å². The minimum atomic E-state index is -0.0980. The van der Waals surface area contributed by atoms with Gasteiger partial charge >= 0.3 is 0 Å². The number of rotatable bonds is 4. The number of anilines is 1. The van der Waals surface area contributed by atoms with Gasteiger partial charge in [0.25, 0.3) is 5.91 Å². The molecule has 0 saturated heterocycles. The number of nitrogens with one attached hydrogen (secondary N) is 1. The van der Waals surface area contributed by atoms with Gasteiger partial charge in [-0.05, 0) is 31.0 Å². The Morgan fingerprint density at radius 1 is 1.30 bits per heavy atom. The van der Waals surface area contributed by atoms with Crippen LogP contribution in [0.3, 0.4) is 0 Å². The van der Waals surface area contributed by atoms with E-state index in [-0.39, 0.29) is 18.4 Å². The average molecular weight is 275 g/mol. The highest BCUT2D eigenvalue weighted by Gasteiger charge is 2.20. The average Bonchev–Trinajstić information content (AvgIpc) is 2.90. The van der Waals surface area contributed by atoms with Crippen LogP contribution in [0.2, 0.25) is 0 Å². The first kappa shape index (κ1) is 14.4. The van der Waals surface area contributed by atoms with Crippen LogP contribution in [-0.4, -0.2) is 55.3 Å². The quantitative estimate of drug-likeness (QED) is 0.898. The summed E-state index contributed by atoms with van der Waals surface area (Å²) in [7, 11) is 3.39. The number of fused-ring (bicyclic) bond motifs is 1. The minimum Gasteiger partial charge on any atom is -0.384 e. The summed E-state index contributed by atoms with van der Waals surface area (Å²) >= 11 is 0. The maximum Gasteiger partial charge on any atom is 0.254 e. The third-order valence-electron chi connectivity index (χ3n) is 3.56. The summed E-state index contributed by atoms with van der Waals surface area (Å²) in [5, 5.41) is 3.27. The van der Waals surface area contributed by atoms with Crippen LogP contribution >= 0.6 is 0 Å². The molecule has 1 aromatic rings. The molecule has 5 nitrogen and oxygen atoms in total. The topological polar surface area (TPSA) is 52.7 Å². The molecule has 1 aliphatic rings. The van der Waals surface area contributed by atoms with Gasteiger partial charge in [0.2, 0.25) is 5.91 Å². The van der Waals surface area contributed by atoms with Crippen molar-refractivity contribution in [2.45, 2.75) is 13.3 Å². The Kier molecular flexibility index (Phi) is 4.27. The molecule has 0 fully saturated rings. The van der Waals surface area contributed by atoms with Gasteiger partial charge < -0.3 is 15.1 Å². The van der Waals surface area contributed by atoms with E-state index in [2.05, 4.69) is 5.32 Å². The van der Waals surface area contributed by atoms with Crippen molar-refractivity contribution in [3.05, 3.63) is 29.3 Å². The number of hydrogen-bond donors (Lipinski definition) is 1. The van der Waals surface area contributed by atoms with E-state index in [4.69, 9.17) is 0 Å². The third-order valence-corrected chi connectivity index (χ3v) is 3.56. The number of benzene rings is 1. The van der Waals surface area contributed by atoms with Gasteiger partial charge in [0.15, 0.2) is 0 Å². The Morgan fingerprint density at radius 3 is 2.70 bits per heavy atom. The van der Waals surface area contributed by atoms with Gasteiger partial charge in [-0.25, -0.2) is 0 Å².